The van der Waals surface area contributed by atoms with Crippen LogP contribution in [0.25, 0.3) is 0 Å². The van der Waals surface area contributed by atoms with Crippen molar-refractivity contribution >= 4 is 15.9 Å². The van der Waals surface area contributed by atoms with Crippen LogP contribution in [0.1, 0.15) is 42.9 Å². The van der Waals surface area contributed by atoms with Crippen LogP contribution in [-0.4, -0.2) is 13.2 Å². The molecule has 1 atom stereocenters. The molecule has 0 saturated carbocycles. The molecule has 0 radical (unpaired) electrons. The fourth-order valence-electron chi connectivity index (χ4n) is 2.79. The summed E-state index contributed by atoms with van der Waals surface area (Å²) in [5.41, 5.74) is 8.81. The van der Waals surface area contributed by atoms with Crippen molar-refractivity contribution < 1.29 is 9.47 Å². The number of fused-ring (bicyclic) bond motifs is 3. The molecule has 3 rings (SSSR count). The maximum absolute atomic E-state index is 6.33. The number of halogens is 1. The van der Waals surface area contributed by atoms with Gasteiger partial charge in [-0.1, -0.05) is 22.4 Å². The summed E-state index contributed by atoms with van der Waals surface area (Å²) in [6, 6.07) is 2.10. The molecular weight excluding hydrogens is 294 g/mol. The van der Waals surface area contributed by atoms with Crippen LogP contribution < -0.4 is 15.2 Å². The van der Waals surface area contributed by atoms with Gasteiger partial charge >= 0.3 is 0 Å². The van der Waals surface area contributed by atoms with E-state index in [4.69, 9.17) is 15.2 Å². The van der Waals surface area contributed by atoms with Crippen LogP contribution in [0.3, 0.4) is 0 Å². The summed E-state index contributed by atoms with van der Waals surface area (Å²) in [7, 11) is 0. The van der Waals surface area contributed by atoms with Gasteiger partial charge in [0, 0.05) is 22.5 Å². The van der Waals surface area contributed by atoms with Crippen molar-refractivity contribution in [3.8, 4) is 11.5 Å². The lowest BCUT2D eigenvalue weighted by Gasteiger charge is -2.20. The Kier molecular flexibility index (Phi) is 3.48. The zero-order valence-electron chi connectivity index (χ0n) is 10.4. The third-order valence-corrected chi connectivity index (χ3v) is 4.40. The van der Waals surface area contributed by atoms with E-state index in [1.807, 2.05) is 6.07 Å². The van der Waals surface area contributed by atoms with Crippen molar-refractivity contribution in [2.75, 3.05) is 13.2 Å². The molecule has 1 aliphatic carbocycles. The Labute approximate surface area is 116 Å². The fourth-order valence-corrected chi connectivity index (χ4v) is 3.41. The van der Waals surface area contributed by atoms with E-state index in [-0.39, 0.29) is 6.04 Å². The number of benzene rings is 1. The molecule has 2 N–H and O–H groups in total. The molecule has 4 heteroatoms. The third kappa shape index (κ3) is 2.12. The van der Waals surface area contributed by atoms with E-state index in [1.54, 1.807) is 0 Å². The molecule has 1 aliphatic heterocycles. The van der Waals surface area contributed by atoms with Crippen LogP contribution in [0.5, 0.6) is 11.5 Å². The van der Waals surface area contributed by atoms with E-state index in [0.29, 0.717) is 13.2 Å². The molecule has 0 amide bonds. The van der Waals surface area contributed by atoms with Gasteiger partial charge in [-0.15, -0.1) is 0 Å². The van der Waals surface area contributed by atoms with Gasteiger partial charge in [-0.2, -0.15) is 0 Å². The van der Waals surface area contributed by atoms with Crippen LogP contribution in [0.4, 0.5) is 0 Å². The number of nitrogens with two attached hydrogens (primary N) is 1. The summed E-state index contributed by atoms with van der Waals surface area (Å²) in [6.45, 7) is 1.43. The van der Waals surface area contributed by atoms with E-state index in [0.717, 1.165) is 35.2 Å². The largest absolute Gasteiger partial charge is 0.490 e. The van der Waals surface area contributed by atoms with Crippen molar-refractivity contribution in [2.45, 2.75) is 38.1 Å². The fraction of sp³-hybridized carbons (Fsp3) is 0.571. The Bertz CT molecular complexity index is 462. The van der Waals surface area contributed by atoms with Crippen molar-refractivity contribution in [3.63, 3.8) is 0 Å². The van der Waals surface area contributed by atoms with Gasteiger partial charge in [0.05, 0.1) is 13.2 Å². The van der Waals surface area contributed by atoms with Crippen molar-refractivity contribution in [3.05, 3.63) is 21.7 Å². The Morgan fingerprint density at radius 2 is 2.00 bits per heavy atom. The number of hydrogen-bond acceptors (Lipinski definition) is 3. The van der Waals surface area contributed by atoms with Crippen LogP contribution in [0.15, 0.2) is 10.5 Å². The topological polar surface area (TPSA) is 44.5 Å². The van der Waals surface area contributed by atoms with Crippen molar-refractivity contribution in [1.82, 2.24) is 0 Å². The number of rotatable bonds is 0. The molecule has 1 heterocycles. The maximum Gasteiger partial charge on any atom is 0.166 e. The van der Waals surface area contributed by atoms with Crippen molar-refractivity contribution in [1.29, 1.82) is 0 Å². The molecule has 1 unspecified atom stereocenters. The van der Waals surface area contributed by atoms with Gasteiger partial charge < -0.3 is 15.2 Å². The molecule has 0 fully saturated rings. The van der Waals surface area contributed by atoms with Gasteiger partial charge in [0.25, 0.3) is 0 Å². The minimum absolute atomic E-state index is 0.0652. The number of hydrogen-bond donors (Lipinski definition) is 1. The highest BCUT2D eigenvalue weighted by atomic mass is 79.9. The predicted molar refractivity (Wildman–Crippen MR) is 74.2 cm³/mol. The summed E-state index contributed by atoms with van der Waals surface area (Å²) in [6.07, 6.45) is 5.40. The molecule has 3 nitrogen and oxygen atoms in total. The Balaban J connectivity index is 2.17. The third-order valence-electron chi connectivity index (χ3n) is 3.69. The van der Waals surface area contributed by atoms with Gasteiger partial charge in [0.1, 0.15) is 0 Å². The van der Waals surface area contributed by atoms with Gasteiger partial charge in [0.2, 0.25) is 0 Å². The SMILES string of the molecule is NC1CCCCc2c(Br)cc3c(c21)OCCCO3. The highest BCUT2D eigenvalue weighted by Crippen LogP contribution is 2.45. The summed E-state index contributed by atoms with van der Waals surface area (Å²) in [5.74, 6) is 1.73. The molecule has 0 aromatic heterocycles. The molecular formula is C14H18BrNO2. The van der Waals surface area contributed by atoms with Crippen LogP contribution in [0, 0.1) is 0 Å². The van der Waals surface area contributed by atoms with E-state index in [2.05, 4.69) is 15.9 Å². The average molecular weight is 312 g/mol. The molecule has 18 heavy (non-hydrogen) atoms. The first kappa shape index (κ1) is 12.3. The smallest absolute Gasteiger partial charge is 0.166 e. The van der Waals surface area contributed by atoms with Gasteiger partial charge in [-0.05, 0) is 30.9 Å². The monoisotopic (exact) mass is 311 g/mol. The van der Waals surface area contributed by atoms with E-state index in [1.165, 1.54) is 24.0 Å². The van der Waals surface area contributed by atoms with E-state index >= 15 is 0 Å². The average Bonchev–Trinajstić information content (AvgIpc) is 2.68. The molecule has 0 saturated heterocycles. The highest BCUT2D eigenvalue weighted by molar-refractivity contribution is 9.10. The summed E-state index contributed by atoms with van der Waals surface area (Å²) >= 11 is 3.66. The quantitative estimate of drug-likeness (QED) is 0.747. The minimum Gasteiger partial charge on any atom is -0.490 e. The second kappa shape index (κ2) is 5.10. The zero-order chi connectivity index (χ0) is 12.5. The molecule has 2 aliphatic rings. The van der Waals surface area contributed by atoms with E-state index < -0.39 is 0 Å². The maximum atomic E-state index is 6.33. The van der Waals surface area contributed by atoms with Gasteiger partial charge in [-0.25, -0.2) is 0 Å². The lowest BCUT2D eigenvalue weighted by Crippen LogP contribution is -2.13. The summed E-state index contributed by atoms with van der Waals surface area (Å²) < 4.78 is 12.8. The second-order valence-electron chi connectivity index (χ2n) is 4.98. The van der Waals surface area contributed by atoms with Gasteiger partial charge in [-0.3, -0.25) is 0 Å². The van der Waals surface area contributed by atoms with Crippen LogP contribution in [-0.2, 0) is 6.42 Å². The summed E-state index contributed by atoms with van der Waals surface area (Å²) in [4.78, 5) is 0. The first-order valence-electron chi connectivity index (χ1n) is 6.64. The zero-order valence-corrected chi connectivity index (χ0v) is 12.0. The molecule has 1 aromatic carbocycles. The van der Waals surface area contributed by atoms with Crippen molar-refractivity contribution in [2.24, 2.45) is 5.73 Å². The van der Waals surface area contributed by atoms with Crippen LogP contribution in [0.2, 0.25) is 0 Å². The first-order valence-corrected chi connectivity index (χ1v) is 7.43. The molecule has 0 bridgehead atoms. The second-order valence-corrected chi connectivity index (χ2v) is 5.83. The Hall–Kier alpha value is -0.740. The predicted octanol–water partition coefficient (Wildman–Crippen LogP) is 3.34. The van der Waals surface area contributed by atoms with E-state index in [9.17, 15) is 0 Å². The van der Waals surface area contributed by atoms with Crippen LogP contribution >= 0.6 is 15.9 Å². The molecule has 1 aromatic rings. The standard InChI is InChI=1S/C14H18BrNO2/c15-10-8-12-14(18-7-3-6-17-12)13-9(10)4-1-2-5-11(13)16/h8,11H,1-7,16H2. The summed E-state index contributed by atoms with van der Waals surface area (Å²) in [5, 5.41) is 0. The highest BCUT2D eigenvalue weighted by Gasteiger charge is 2.26. The Morgan fingerprint density at radius 3 is 2.89 bits per heavy atom. The first-order chi connectivity index (χ1) is 8.77. The Morgan fingerprint density at radius 1 is 1.17 bits per heavy atom. The molecule has 0 spiro atoms. The lowest BCUT2D eigenvalue weighted by atomic mass is 9.98. The normalized spacial score (nSPS) is 22.9. The minimum atomic E-state index is 0.0652. The van der Waals surface area contributed by atoms with Gasteiger partial charge in [0.15, 0.2) is 11.5 Å². The molecule has 98 valence electrons. The lowest BCUT2D eigenvalue weighted by molar-refractivity contribution is 0.295. The number of ether oxygens (including phenoxy) is 2.